The summed E-state index contributed by atoms with van der Waals surface area (Å²) in [5.74, 6) is -0.682. The fourth-order valence-electron chi connectivity index (χ4n) is 1.30. The average Bonchev–Trinajstić information content (AvgIpc) is 2.60. The van der Waals surface area contributed by atoms with E-state index < -0.39 is 5.91 Å². The van der Waals surface area contributed by atoms with Gasteiger partial charge in [-0.05, 0) is 20.8 Å². The Bertz CT molecular complexity index is 447. The lowest BCUT2D eigenvalue weighted by atomic mass is 10.1. The molecule has 1 rings (SSSR count). The smallest absolute Gasteiger partial charge is 0.291 e. The molecule has 1 heterocycles. The summed E-state index contributed by atoms with van der Waals surface area (Å²) in [6, 6.07) is 0. The van der Waals surface area contributed by atoms with Crippen molar-refractivity contribution >= 4 is 17.8 Å². The number of carbonyl (C=O) groups excluding carboxylic acids is 2. The van der Waals surface area contributed by atoms with Crippen LogP contribution >= 0.6 is 0 Å². The minimum absolute atomic E-state index is 0.00843. The molecule has 8 heteroatoms. The standard InChI is InChI=1S/C10H18N6O2/c1-10(2,3)13-6(17)5-16(4)8(18)7-12-9(11)15-14-7/h5H2,1-4H3,(H,13,17)(H3,11,12,14,15). The maximum Gasteiger partial charge on any atom is 0.291 e. The Morgan fingerprint density at radius 3 is 2.50 bits per heavy atom. The number of nitrogens with two attached hydrogens (primary N) is 1. The molecule has 0 radical (unpaired) electrons. The minimum Gasteiger partial charge on any atom is -0.366 e. The molecule has 0 bridgehead atoms. The van der Waals surface area contributed by atoms with Crippen molar-refractivity contribution < 1.29 is 9.59 Å². The van der Waals surface area contributed by atoms with Crippen molar-refractivity contribution in [1.29, 1.82) is 0 Å². The van der Waals surface area contributed by atoms with Crippen LogP contribution in [0.2, 0.25) is 0 Å². The van der Waals surface area contributed by atoms with E-state index >= 15 is 0 Å². The van der Waals surface area contributed by atoms with Crippen LogP contribution in [-0.2, 0) is 4.79 Å². The summed E-state index contributed by atoms with van der Waals surface area (Å²) < 4.78 is 0. The van der Waals surface area contributed by atoms with Crippen LogP contribution in [0, 0.1) is 0 Å². The molecular weight excluding hydrogens is 236 g/mol. The normalized spacial score (nSPS) is 11.1. The summed E-state index contributed by atoms with van der Waals surface area (Å²) in [5.41, 5.74) is 4.96. The molecule has 0 atom stereocenters. The molecule has 2 amide bonds. The van der Waals surface area contributed by atoms with E-state index in [0.717, 1.165) is 0 Å². The first kappa shape index (κ1) is 13.9. The second-order valence-electron chi connectivity index (χ2n) is 5.00. The number of hydrogen-bond donors (Lipinski definition) is 3. The lowest BCUT2D eigenvalue weighted by Gasteiger charge is -2.22. The van der Waals surface area contributed by atoms with Gasteiger partial charge < -0.3 is 16.0 Å². The van der Waals surface area contributed by atoms with Gasteiger partial charge in [-0.25, -0.2) is 0 Å². The van der Waals surface area contributed by atoms with Gasteiger partial charge in [0.05, 0.1) is 6.54 Å². The molecule has 0 aliphatic heterocycles. The number of hydrogen-bond acceptors (Lipinski definition) is 5. The number of H-pyrrole nitrogens is 1. The zero-order valence-electron chi connectivity index (χ0n) is 10.9. The van der Waals surface area contributed by atoms with E-state index in [2.05, 4.69) is 20.5 Å². The summed E-state index contributed by atoms with van der Waals surface area (Å²) in [5, 5.41) is 8.71. The van der Waals surface area contributed by atoms with Gasteiger partial charge in [0.2, 0.25) is 17.7 Å². The van der Waals surface area contributed by atoms with Crippen molar-refractivity contribution in [3.63, 3.8) is 0 Å². The third-order valence-corrected chi connectivity index (χ3v) is 1.95. The van der Waals surface area contributed by atoms with Crippen LogP contribution in [0.5, 0.6) is 0 Å². The van der Waals surface area contributed by atoms with Crippen molar-refractivity contribution in [2.24, 2.45) is 0 Å². The molecule has 0 saturated heterocycles. The Kier molecular flexibility index (Phi) is 3.89. The molecule has 0 spiro atoms. The van der Waals surface area contributed by atoms with Crippen molar-refractivity contribution in [2.45, 2.75) is 26.3 Å². The molecular formula is C10H18N6O2. The molecule has 0 aliphatic carbocycles. The molecule has 100 valence electrons. The number of anilines is 1. The van der Waals surface area contributed by atoms with E-state index in [-0.39, 0.29) is 29.8 Å². The Hall–Kier alpha value is -2.12. The van der Waals surface area contributed by atoms with Crippen LogP contribution in [-0.4, -0.2) is 51.0 Å². The number of rotatable bonds is 3. The Morgan fingerprint density at radius 2 is 2.06 bits per heavy atom. The van der Waals surface area contributed by atoms with Crippen LogP contribution in [0.3, 0.4) is 0 Å². The molecule has 1 aromatic heterocycles. The molecule has 1 aromatic rings. The summed E-state index contributed by atoms with van der Waals surface area (Å²) in [6.45, 7) is 5.54. The fourth-order valence-corrected chi connectivity index (χ4v) is 1.30. The first-order valence-corrected chi connectivity index (χ1v) is 5.43. The summed E-state index contributed by atoms with van der Waals surface area (Å²) in [6.07, 6.45) is 0. The highest BCUT2D eigenvalue weighted by Gasteiger charge is 2.20. The fraction of sp³-hybridized carbons (Fsp3) is 0.600. The summed E-state index contributed by atoms with van der Waals surface area (Å²) in [4.78, 5) is 28.4. The van der Waals surface area contributed by atoms with Gasteiger partial charge in [0.1, 0.15) is 0 Å². The van der Waals surface area contributed by atoms with Gasteiger partial charge in [-0.2, -0.15) is 4.98 Å². The minimum atomic E-state index is -0.441. The van der Waals surface area contributed by atoms with E-state index in [9.17, 15) is 9.59 Å². The number of nitrogens with zero attached hydrogens (tertiary/aromatic N) is 3. The number of nitrogens with one attached hydrogen (secondary N) is 2. The molecule has 18 heavy (non-hydrogen) atoms. The summed E-state index contributed by atoms with van der Waals surface area (Å²) in [7, 11) is 1.50. The van der Waals surface area contributed by atoms with E-state index in [1.807, 2.05) is 20.8 Å². The Labute approximate surface area is 105 Å². The summed E-state index contributed by atoms with van der Waals surface area (Å²) >= 11 is 0. The number of likely N-dealkylation sites (N-methyl/N-ethyl adjacent to an activating group) is 1. The van der Waals surface area contributed by atoms with Crippen LogP contribution in [0.15, 0.2) is 0 Å². The largest absolute Gasteiger partial charge is 0.366 e. The Morgan fingerprint density at radius 1 is 1.44 bits per heavy atom. The van der Waals surface area contributed by atoms with Crippen LogP contribution < -0.4 is 11.1 Å². The van der Waals surface area contributed by atoms with E-state index in [0.29, 0.717) is 0 Å². The molecule has 4 N–H and O–H groups in total. The van der Waals surface area contributed by atoms with Gasteiger partial charge >= 0.3 is 0 Å². The van der Waals surface area contributed by atoms with Gasteiger partial charge in [0, 0.05) is 12.6 Å². The van der Waals surface area contributed by atoms with Crippen molar-refractivity contribution in [3.8, 4) is 0 Å². The zero-order chi connectivity index (χ0) is 13.9. The van der Waals surface area contributed by atoms with E-state index in [4.69, 9.17) is 5.73 Å². The number of amides is 2. The van der Waals surface area contributed by atoms with Crippen LogP contribution in [0.25, 0.3) is 0 Å². The van der Waals surface area contributed by atoms with E-state index in [1.165, 1.54) is 11.9 Å². The number of nitrogen functional groups attached to an aromatic ring is 1. The second kappa shape index (κ2) is 5.03. The SMILES string of the molecule is CN(CC(=O)NC(C)(C)C)C(=O)c1nc(N)n[nH]1. The topological polar surface area (TPSA) is 117 Å². The third kappa shape index (κ3) is 4.04. The third-order valence-electron chi connectivity index (χ3n) is 1.95. The monoisotopic (exact) mass is 254 g/mol. The first-order valence-electron chi connectivity index (χ1n) is 5.43. The van der Waals surface area contributed by atoms with Gasteiger partial charge in [-0.3, -0.25) is 14.7 Å². The predicted octanol–water partition coefficient (Wildman–Crippen LogP) is -0.626. The van der Waals surface area contributed by atoms with Crippen LogP contribution in [0.4, 0.5) is 5.95 Å². The number of aromatic nitrogens is 3. The van der Waals surface area contributed by atoms with Gasteiger partial charge in [-0.15, -0.1) is 5.10 Å². The lowest BCUT2D eigenvalue weighted by molar-refractivity contribution is -0.122. The van der Waals surface area contributed by atoms with Crippen molar-refractivity contribution in [3.05, 3.63) is 5.82 Å². The maximum absolute atomic E-state index is 11.8. The maximum atomic E-state index is 11.8. The number of aromatic amines is 1. The molecule has 0 unspecified atom stereocenters. The zero-order valence-corrected chi connectivity index (χ0v) is 10.9. The molecule has 0 aromatic carbocycles. The number of carbonyl (C=O) groups is 2. The molecule has 8 nitrogen and oxygen atoms in total. The highest BCUT2D eigenvalue weighted by Crippen LogP contribution is 2.01. The first-order chi connectivity index (χ1) is 8.19. The predicted molar refractivity (Wildman–Crippen MR) is 65.7 cm³/mol. The van der Waals surface area contributed by atoms with Gasteiger partial charge in [0.15, 0.2) is 0 Å². The molecule has 0 aliphatic rings. The van der Waals surface area contributed by atoms with Crippen LogP contribution in [0.1, 0.15) is 31.4 Å². The van der Waals surface area contributed by atoms with Gasteiger partial charge in [-0.1, -0.05) is 0 Å². The highest BCUT2D eigenvalue weighted by atomic mass is 16.2. The van der Waals surface area contributed by atoms with Crippen molar-refractivity contribution in [1.82, 2.24) is 25.4 Å². The quantitative estimate of drug-likeness (QED) is 0.664. The van der Waals surface area contributed by atoms with Gasteiger partial charge in [0.25, 0.3) is 5.91 Å². The highest BCUT2D eigenvalue weighted by molar-refractivity contribution is 5.93. The molecule has 0 fully saturated rings. The van der Waals surface area contributed by atoms with Crippen molar-refractivity contribution in [2.75, 3.05) is 19.3 Å². The molecule has 0 saturated carbocycles. The lowest BCUT2D eigenvalue weighted by Crippen LogP contribution is -2.46. The Balaban J connectivity index is 2.58. The van der Waals surface area contributed by atoms with E-state index in [1.54, 1.807) is 0 Å². The second-order valence-corrected chi connectivity index (χ2v) is 5.00. The average molecular weight is 254 g/mol.